The number of para-hydroxylation sites is 1. The average Bonchev–Trinajstić information content (AvgIpc) is 3.50. The van der Waals surface area contributed by atoms with Crippen LogP contribution in [-0.4, -0.2) is 32.4 Å². The van der Waals surface area contributed by atoms with Crippen LogP contribution >= 0.6 is 11.6 Å². The zero-order chi connectivity index (χ0) is 32.3. The second-order valence-electron chi connectivity index (χ2n) is 13.5. The molecule has 1 aliphatic carbocycles. The zero-order valence-corrected chi connectivity index (χ0v) is 27.5. The summed E-state index contributed by atoms with van der Waals surface area (Å²) in [6.07, 6.45) is 6.70. The molecule has 0 amide bonds. The molecule has 6 rings (SSSR count). The summed E-state index contributed by atoms with van der Waals surface area (Å²) in [7, 11) is 0. The summed E-state index contributed by atoms with van der Waals surface area (Å²) >= 11 is 6.44. The Morgan fingerprint density at radius 1 is 1.02 bits per heavy atom. The van der Waals surface area contributed by atoms with Gasteiger partial charge in [0.1, 0.15) is 17.0 Å². The van der Waals surface area contributed by atoms with Gasteiger partial charge in [0.05, 0.1) is 16.8 Å². The number of rotatable bonds is 11. The van der Waals surface area contributed by atoms with E-state index in [1.807, 2.05) is 36.4 Å². The lowest BCUT2D eigenvalue weighted by atomic mass is 9.77. The van der Waals surface area contributed by atoms with Gasteiger partial charge in [-0.25, -0.2) is 0 Å². The van der Waals surface area contributed by atoms with Crippen molar-refractivity contribution in [3.05, 3.63) is 123 Å². The van der Waals surface area contributed by atoms with Crippen molar-refractivity contribution in [2.45, 2.75) is 95.2 Å². The largest absolute Gasteiger partial charge is 0.487 e. The molecule has 240 valence electrons. The quantitative estimate of drug-likeness (QED) is 0.167. The first-order chi connectivity index (χ1) is 22.2. The van der Waals surface area contributed by atoms with E-state index in [-0.39, 0.29) is 40.4 Å². The Morgan fingerprint density at radius 2 is 1.72 bits per heavy atom. The van der Waals surface area contributed by atoms with Gasteiger partial charge in [0, 0.05) is 12.5 Å². The number of carbonyl (C=O) groups is 1. The number of aromatic nitrogens is 2. The predicted molar refractivity (Wildman–Crippen MR) is 182 cm³/mol. The van der Waals surface area contributed by atoms with E-state index >= 15 is 0 Å². The van der Waals surface area contributed by atoms with Crippen LogP contribution in [0.3, 0.4) is 0 Å². The molecule has 3 aromatic carbocycles. The first kappa shape index (κ1) is 32.2. The number of aliphatic hydroxyl groups excluding tert-OH is 1. The maximum atomic E-state index is 13.8. The SMILES string of the molecule is CC(C)c1ccc2c(c1)[C@@H](CC[C@@H](O)[C@@H](CC(=O)c1nn(-c3ccccc3)c(=O)cc1Cl)Cc1ccccc1)CC1(CCCC1)O2. The maximum absolute atomic E-state index is 13.8. The van der Waals surface area contributed by atoms with Gasteiger partial charge >= 0.3 is 0 Å². The molecule has 1 N–H and O–H groups in total. The Bertz CT molecular complexity index is 1710. The minimum Gasteiger partial charge on any atom is -0.487 e. The third-order valence-corrected chi connectivity index (χ3v) is 10.2. The second kappa shape index (κ2) is 13.9. The van der Waals surface area contributed by atoms with Gasteiger partial charge in [0.25, 0.3) is 5.56 Å². The summed E-state index contributed by atoms with van der Waals surface area (Å²) in [5.41, 5.74) is 3.65. The number of aliphatic hydroxyl groups is 1. The van der Waals surface area contributed by atoms with Gasteiger partial charge < -0.3 is 9.84 Å². The van der Waals surface area contributed by atoms with Crippen molar-refractivity contribution >= 4 is 17.4 Å². The van der Waals surface area contributed by atoms with E-state index in [1.165, 1.54) is 34.7 Å². The van der Waals surface area contributed by atoms with Gasteiger partial charge in [-0.1, -0.05) is 86.1 Å². The smallest absolute Gasteiger partial charge is 0.273 e. The van der Waals surface area contributed by atoms with Gasteiger partial charge in [-0.2, -0.15) is 9.78 Å². The van der Waals surface area contributed by atoms with Crippen LogP contribution in [0.25, 0.3) is 5.69 Å². The monoisotopic (exact) mass is 638 g/mol. The number of carbonyl (C=O) groups excluding carboxylic acids is 1. The van der Waals surface area contributed by atoms with Crippen LogP contribution in [0.5, 0.6) is 5.75 Å². The number of fused-ring (bicyclic) bond motifs is 1. The van der Waals surface area contributed by atoms with Crippen LogP contribution in [0.1, 0.15) is 104 Å². The third kappa shape index (κ3) is 7.13. The highest BCUT2D eigenvalue weighted by Crippen LogP contribution is 2.50. The fraction of sp³-hybridized carbons (Fsp3) is 0.410. The van der Waals surface area contributed by atoms with Crippen LogP contribution < -0.4 is 10.3 Å². The van der Waals surface area contributed by atoms with E-state index in [1.54, 1.807) is 24.3 Å². The third-order valence-electron chi connectivity index (χ3n) is 9.89. The molecule has 0 bridgehead atoms. The lowest BCUT2D eigenvalue weighted by Crippen LogP contribution is -2.38. The molecule has 3 atom stereocenters. The Kier molecular flexibility index (Phi) is 9.76. The van der Waals surface area contributed by atoms with Crippen molar-refractivity contribution < 1.29 is 14.6 Å². The first-order valence-corrected chi connectivity index (χ1v) is 17.0. The number of nitrogens with zero attached hydrogens (tertiary/aromatic N) is 2. The van der Waals surface area contributed by atoms with E-state index in [4.69, 9.17) is 16.3 Å². The summed E-state index contributed by atoms with van der Waals surface area (Å²) in [5.74, 6) is 1.03. The summed E-state index contributed by atoms with van der Waals surface area (Å²) in [6, 6.07) is 26.8. The molecule has 7 heteroatoms. The van der Waals surface area contributed by atoms with Gasteiger partial charge in [-0.05, 0) is 104 Å². The fourth-order valence-electron chi connectivity index (χ4n) is 7.34. The molecule has 46 heavy (non-hydrogen) atoms. The molecule has 1 fully saturated rings. The minimum absolute atomic E-state index is 0.0248. The second-order valence-corrected chi connectivity index (χ2v) is 13.9. The highest BCUT2D eigenvalue weighted by atomic mass is 35.5. The van der Waals surface area contributed by atoms with Crippen LogP contribution in [0.4, 0.5) is 0 Å². The minimum atomic E-state index is -0.720. The van der Waals surface area contributed by atoms with Crippen molar-refractivity contribution in [1.82, 2.24) is 9.78 Å². The fourth-order valence-corrected chi connectivity index (χ4v) is 7.57. The number of Topliss-reactive ketones (excluding diaryl/α,β-unsaturated/α-hetero) is 1. The summed E-state index contributed by atoms with van der Waals surface area (Å²) in [6.45, 7) is 4.42. The van der Waals surface area contributed by atoms with Crippen LogP contribution in [-0.2, 0) is 6.42 Å². The molecule has 0 saturated heterocycles. The number of hydrogen-bond donors (Lipinski definition) is 1. The number of hydrogen-bond acceptors (Lipinski definition) is 5. The molecule has 2 aliphatic rings. The lowest BCUT2D eigenvalue weighted by molar-refractivity contribution is 0.0343. The van der Waals surface area contributed by atoms with Crippen LogP contribution in [0.2, 0.25) is 5.02 Å². The first-order valence-electron chi connectivity index (χ1n) is 16.6. The number of ketones is 1. The molecule has 1 aliphatic heterocycles. The molecule has 1 saturated carbocycles. The topological polar surface area (TPSA) is 81.4 Å². The molecule has 0 radical (unpaired) electrons. The number of halogens is 1. The standard InChI is InChI=1S/C39H43ClN2O4/c1-26(2)28-16-18-36-32(22-28)29(25-39(46-36)19-9-10-20-39)15-17-34(43)30(21-27-11-5-3-6-12-27)23-35(44)38-33(40)24-37(45)42(41-38)31-13-7-4-8-14-31/h3-8,11-14,16,18,22,24,26,29-30,34,43H,9-10,15,17,19-21,23,25H2,1-2H3/t29-,30+,34+/m0/s1. The van der Waals surface area contributed by atoms with Crippen molar-refractivity contribution in [3.63, 3.8) is 0 Å². The van der Waals surface area contributed by atoms with Crippen LogP contribution in [0, 0.1) is 5.92 Å². The summed E-state index contributed by atoms with van der Waals surface area (Å²) < 4.78 is 7.89. The molecule has 4 aromatic rings. The highest BCUT2D eigenvalue weighted by molar-refractivity contribution is 6.33. The Balaban J connectivity index is 1.24. The summed E-state index contributed by atoms with van der Waals surface area (Å²) in [4.78, 5) is 26.5. The van der Waals surface area contributed by atoms with Crippen molar-refractivity contribution in [2.24, 2.45) is 5.92 Å². The Hall–Kier alpha value is -3.74. The van der Waals surface area contributed by atoms with Gasteiger partial charge in [0.15, 0.2) is 5.78 Å². The highest BCUT2D eigenvalue weighted by Gasteiger charge is 2.43. The van der Waals surface area contributed by atoms with E-state index in [0.717, 1.165) is 37.0 Å². The molecule has 6 nitrogen and oxygen atoms in total. The van der Waals surface area contributed by atoms with Gasteiger partial charge in [0.2, 0.25) is 0 Å². The maximum Gasteiger partial charge on any atom is 0.273 e. The van der Waals surface area contributed by atoms with Gasteiger partial charge in [-0.15, -0.1) is 0 Å². The molecule has 1 aromatic heterocycles. The van der Waals surface area contributed by atoms with E-state index in [9.17, 15) is 14.7 Å². The van der Waals surface area contributed by atoms with Crippen molar-refractivity contribution in [2.75, 3.05) is 0 Å². The number of benzene rings is 3. The number of ether oxygens (including phenoxy) is 1. The normalized spacial score (nSPS) is 18.2. The average molecular weight is 639 g/mol. The van der Waals surface area contributed by atoms with Gasteiger partial charge in [-0.3, -0.25) is 9.59 Å². The van der Waals surface area contributed by atoms with E-state index in [0.29, 0.717) is 24.4 Å². The Morgan fingerprint density at radius 3 is 2.41 bits per heavy atom. The van der Waals surface area contributed by atoms with Crippen molar-refractivity contribution in [3.8, 4) is 11.4 Å². The Labute approximate surface area is 276 Å². The molecular weight excluding hydrogens is 596 g/mol. The summed E-state index contributed by atoms with van der Waals surface area (Å²) in [5, 5.41) is 16.2. The molecular formula is C39H43ClN2O4. The molecule has 1 spiro atoms. The van der Waals surface area contributed by atoms with E-state index < -0.39 is 11.7 Å². The van der Waals surface area contributed by atoms with Crippen LogP contribution in [0.15, 0.2) is 89.7 Å². The molecule has 0 unspecified atom stereocenters. The van der Waals surface area contributed by atoms with Crippen molar-refractivity contribution in [1.29, 1.82) is 0 Å². The lowest BCUT2D eigenvalue weighted by Gasteiger charge is -2.41. The molecule has 2 heterocycles. The predicted octanol–water partition coefficient (Wildman–Crippen LogP) is 8.46. The zero-order valence-electron chi connectivity index (χ0n) is 26.7. The van der Waals surface area contributed by atoms with E-state index in [2.05, 4.69) is 37.1 Å².